The lowest BCUT2D eigenvalue weighted by Gasteiger charge is -2.06. The molecule has 5 heteroatoms. The van der Waals surface area contributed by atoms with E-state index in [0.29, 0.717) is 5.13 Å². The standard InChI is InChI=1S/C11H13N3S2/c1-7-3-2-4-9(10(7)12)15-5-8-6-16-11(13)14-8/h2-4,6H,5,12H2,1H3,(H2,13,14). The molecule has 84 valence electrons. The fourth-order valence-electron chi connectivity index (χ4n) is 1.32. The van der Waals surface area contributed by atoms with Crippen LogP contribution in [0.4, 0.5) is 10.8 Å². The number of aromatic nitrogens is 1. The molecule has 2 rings (SSSR count). The Kier molecular flexibility index (Phi) is 3.36. The summed E-state index contributed by atoms with van der Waals surface area (Å²) >= 11 is 3.16. The van der Waals surface area contributed by atoms with Gasteiger partial charge in [-0.1, -0.05) is 12.1 Å². The van der Waals surface area contributed by atoms with Crippen LogP contribution in [0.15, 0.2) is 28.5 Å². The van der Waals surface area contributed by atoms with E-state index >= 15 is 0 Å². The van der Waals surface area contributed by atoms with Crippen LogP contribution >= 0.6 is 23.1 Å². The van der Waals surface area contributed by atoms with E-state index in [2.05, 4.69) is 4.98 Å². The SMILES string of the molecule is Cc1cccc(SCc2csc(N)n2)c1N. The van der Waals surface area contributed by atoms with Crippen molar-refractivity contribution in [1.82, 2.24) is 4.98 Å². The summed E-state index contributed by atoms with van der Waals surface area (Å²) in [5.74, 6) is 0.807. The van der Waals surface area contributed by atoms with Gasteiger partial charge in [0.2, 0.25) is 0 Å². The number of rotatable bonds is 3. The summed E-state index contributed by atoms with van der Waals surface area (Å²) in [7, 11) is 0. The van der Waals surface area contributed by atoms with Crippen molar-refractivity contribution in [3.8, 4) is 0 Å². The summed E-state index contributed by atoms with van der Waals surface area (Å²) in [5, 5.41) is 2.60. The van der Waals surface area contributed by atoms with Gasteiger partial charge in [-0.25, -0.2) is 4.98 Å². The summed E-state index contributed by atoms with van der Waals surface area (Å²) in [6, 6.07) is 6.06. The normalized spacial score (nSPS) is 10.6. The predicted molar refractivity (Wildman–Crippen MR) is 71.7 cm³/mol. The van der Waals surface area contributed by atoms with Crippen molar-refractivity contribution in [3.05, 3.63) is 34.8 Å². The molecule has 0 saturated carbocycles. The average molecular weight is 251 g/mol. The Morgan fingerprint density at radius 2 is 2.19 bits per heavy atom. The highest BCUT2D eigenvalue weighted by Crippen LogP contribution is 2.30. The molecule has 1 heterocycles. The van der Waals surface area contributed by atoms with Crippen molar-refractivity contribution < 1.29 is 0 Å². The van der Waals surface area contributed by atoms with Gasteiger partial charge in [-0.05, 0) is 18.6 Å². The largest absolute Gasteiger partial charge is 0.398 e. The van der Waals surface area contributed by atoms with Crippen LogP contribution in [0.25, 0.3) is 0 Å². The first-order valence-corrected chi connectivity index (χ1v) is 6.71. The Morgan fingerprint density at radius 1 is 1.38 bits per heavy atom. The molecule has 16 heavy (non-hydrogen) atoms. The Labute approximate surface area is 103 Å². The fraction of sp³-hybridized carbons (Fsp3) is 0.182. The molecule has 0 bridgehead atoms. The molecular formula is C11H13N3S2. The molecule has 0 fully saturated rings. The van der Waals surface area contributed by atoms with E-state index in [0.717, 1.165) is 27.6 Å². The summed E-state index contributed by atoms with van der Waals surface area (Å²) in [6.07, 6.45) is 0. The van der Waals surface area contributed by atoms with Gasteiger partial charge in [-0.2, -0.15) is 0 Å². The van der Waals surface area contributed by atoms with Gasteiger partial charge in [-0.3, -0.25) is 0 Å². The van der Waals surface area contributed by atoms with E-state index in [9.17, 15) is 0 Å². The highest BCUT2D eigenvalue weighted by molar-refractivity contribution is 7.98. The van der Waals surface area contributed by atoms with Crippen LogP contribution < -0.4 is 11.5 Å². The molecule has 1 aromatic heterocycles. The van der Waals surface area contributed by atoms with Crippen LogP contribution in [0.3, 0.4) is 0 Å². The molecular weight excluding hydrogens is 238 g/mol. The van der Waals surface area contributed by atoms with E-state index < -0.39 is 0 Å². The molecule has 2 aromatic rings. The zero-order valence-electron chi connectivity index (χ0n) is 8.93. The van der Waals surface area contributed by atoms with Gasteiger partial charge in [0.15, 0.2) is 5.13 Å². The number of benzene rings is 1. The lowest BCUT2D eigenvalue weighted by molar-refractivity contribution is 1.23. The minimum Gasteiger partial charge on any atom is -0.398 e. The fourth-order valence-corrected chi connectivity index (χ4v) is 2.93. The first-order valence-electron chi connectivity index (χ1n) is 4.84. The average Bonchev–Trinajstić information content (AvgIpc) is 2.67. The molecule has 1 aromatic carbocycles. The zero-order valence-corrected chi connectivity index (χ0v) is 10.6. The molecule has 0 amide bonds. The topological polar surface area (TPSA) is 64.9 Å². The lowest BCUT2D eigenvalue weighted by Crippen LogP contribution is -1.92. The van der Waals surface area contributed by atoms with Crippen molar-refractivity contribution in [2.75, 3.05) is 11.5 Å². The third-order valence-corrected chi connectivity index (χ3v) is 4.06. The molecule has 0 radical (unpaired) electrons. The van der Waals surface area contributed by atoms with Gasteiger partial charge < -0.3 is 11.5 Å². The second-order valence-corrected chi connectivity index (χ2v) is 5.36. The number of hydrogen-bond donors (Lipinski definition) is 2. The van der Waals surface area contributed by atoms with Crippen LogP contribution in [0.1, 0.15) is 11.3 Å². The molecule has 0 unspecified atom stereocenters. The molecule has 0 aliphatic rings. The number of para-hydroxylation sites is 1. The first-order chi connectivity index (χ1) is 7.66. The Balaban J connectivity index is 2.07. The van der Waals surface area contributed by atoms with Crippen LogP contribution in [0, 0.1) is 6.92 Å². The maximum atomic E-state index is 5.99. The minimum absolute atomic E-state index is 0.618. The van der Waals surface area contributed by atoms with Crippen molar-refractivity contribution >= 4 is 33.9 Å². The van der Waals surface area contributed by atoms with E-state index in [1.165, 1.54) is 11.3 Å². The van der Waals surface area contributed by atoms with E-state index in [1.807, 2.05) is 30.5 Å². The predicted octanol–water partition coefficient (Wildman–Crippen LogP) is 2.91. The lowest BCUT2D eigenvalue weighted by atomic mass is 10.2. The summed E-state index contributed by atoms with van der Waals surface area (Å²) < 4.78 is 0. The summed E-state index contributed by atoms with van der Waals surface area (Å²) in [4.78, 5) is 5.32. The van der Waals surface area contributed by atoms with Crippen LogP contribution in [0.2, 0.25) is 0 Å². The maximum Gasteiger partial charge on any atom is 0.180 e. The second kappa shape index (κ2) is 4.76. The summed E-state index contributed by atoms with van der Waals surface area (Å²) in [5.41, 5.74) is 14.5. The maximum absolute atomic E-state index is 5.99. The Bertz CT molecular complexity index is 494. The molecule has 3 nitrogen and oxygen atoms in total. The molecule has 0 saturated heterocycles. The highest BCUT2D eigenvalue weighted by Gasteiger charge is 2.04. The number of aryl methyl sites for hydroxylation is 1. The number of hydrogen-bond acceptors (Lipinski definition) is 5. The molecule has 0 aliphatic heterocycles. The number of nitrogen functional groups attached to an aromatic ring is 2. The Hall–Kier alpha value is -1.20. The monoisotopic (exact) mass is 251 g/mol. The van der Waals surface area contributed by atoms with Crippen LogP contribution in [0.5, 0.6) is 0 Å². The number of nitrogens with two attached hydrogens (primary N) is 2. The van der Waals surface area contributed by atoms with Crippen LogP contribution in [-0.2, 0) is 5.75 Å². The van der Waals surface area contributed by atoms with Crippen molar-refractivity contribution in [2.24, 2.45) is 0 Å². The number of anilines is 2. The van der Waals surface area contributed by atoms with Gasteiger partial charge in [0.05, 0.1) is 5.69 Å². The molecule has 0 aliphatic carbocycles. The zero-order chi connectivity index (χ0) is 11.5. The van der Waals surface area contributed by atoms with Gasteiger partial charge in [0.1, 0.15) is 0 Å². The van der Waals surface area contributed by atoms with E-state index in [4.69, 9.17) is 11.5 Å². The second-order valence-electron chi connectivity index (χ2n) is 3.45. The van der Waals surface area contributed by atoms with Crippen molar-refractivity contribution in [3.63, 3.8) is 0 Å². The van der Waals surface area contributed by atoms with E-state index in [1.54, 1.807) is 11.8 Å². The van der Waals surface area contributed by atoms with Gasteiger partial charge in [0, 0.05) is 21.7 Å². The first kappa shape index (κ1) is 11.3. The molecule has 0 spiro atoms. The third kappa shape index (κ3) is 2.48. The van der Waals surface area contributed by atoms with Gasteiger partial charge in [-0.15, -0.1) is 23.1 Å². The molecule has 0 atom stereocenters. The van der Waals surface area contributed by atoms with Gasteiger partial charge in [0.25, 0.3) is 0 Å². The van der Waals surface area contributed by atoms with Crippen molar-refractivity contribution in [1.29, 1.82) is 0 Å². The summed E-state index contributed by atoms with van der Waals surface area (Å²) in [6.45, 7) is 2.01. The third-order valence-electron chi connectivity index (χ3n) is 2.23. The minimum atomic E-state index is 0.618. The van der Waals surface area contributed by atoms with Gasteiger partial charge >= 0.3 is 0 Å². The van der Waals surface area contributed by atoms with Crippen molar-refractivity contribution in [2.45, 2.75) is 17.6 Å². The number of thioether (sulfide) groups is 1. The number of thiazole rings is 1. The quantitative estimate of drug-likeness (QED) is 0.650. The Morgan fingerprint density at radius 3 is 2.88 bits per heavy atom. The number of nitrogens with zero attached hydrogens (tertiary/aromatic N) is 1. The van der Waals surface area contributed by atoms with E-state index in [-0.39, 0.29) is 0 Å². The molecule has 4 N–H and O–H groups in total. The highest BCUT2D eigenvalue weighted by atomic mass is 32.2. The smallest absolute Gasteiger partial charge is 0.180 e. The van der Waals surface area contributed by atoms with Crippen LogP contribution in [-0.4, -0.2) is 4.98 Å².